The molecule has 72 valence electrons. The molecular formula is C12H14N2. The van der Waals surface area contributed by atoms with Gasteiger partial charge >= 0.3 is 0 Å². The van der Waals surface area contributed by atoms with Gasteiger partial charge in [0.25, 0.3) is 0 Å². The van der Waals surface area contributed by atoms with Crippen LogP contribution in [0, 0.1) is 6.92 Å². The maximum absolute atomic E-state index is 5.90. The van der Waals surface area contributed by atoms with Crippen LogP contribution in [0.5, 0.6) is 0 Å². The summed E-state index contributed by atoms with van der Waals surface area (Å²) < 4.78 is 2.21. The number of nitrogens with two attached hydrogens (primary N) is 1. The minimum atomic E-state index is 0.832. The highest BCUT2D eigenvalue weighted by Gasteiger charge is 2.05. The maximum atomic E-state index is 5.90. The topological polar surface area (TPSA) is 30.9 Å². The zero-order chi connectivity index (χ0) is 10.1. The number of hydrogen-bond donors (Lipinski definition) is 1. The van der Waals surface area contributed by atoms with E-state index in [-0.39, 0.29) is 0 Å². The molecule has 1 heterocycles. The van der Waals surface area contributed by atoms with Crippen LogP contribution in [0.25, 0.3) is 10.9 Å². The molecule has 0 amide bonds. The molecule has 0 fully saturated rings. The van der Waals surface area contributed by atoms with E-state index in [2.05, 4.69) is 30.2 Å². The second kappa shape index (κ2) is 3.22. The fourth-order valence-corrected chi connectivity index (χ4v) is 1.81. The number of hydrogen-bond acceptors (Lipinski definition) is 1. The number of aromatic nitrogens is 1. The monoisotopic (exact) mass is 186 g/mol. The van der Waals surface area contributed by atoms with Gasteiger partial charge in [0.2, 0.25) is 0 Å². The molecule has 14 heavy (non-hydrogen) atoms. The zero-order valence-electron chi connectivity index (χ0n) is 8.33. The first-order chi connectivity index (χ1) is 6.74. The lowest BCUT2D eigenvalue weighted by Crippen LogP contribution is -1.96. The highest BCUT2D eigenvalue weighted by molar-refractivity contribution is 5.92. The average Bonchev–Trinajstić information content (AvgIpc) is 2.47. The van der Waals surface area contributed by atoms with Crippen molar-refractivity contribution < 1.29 is 0 Å². The summed E-state index contributed by atoms with van der Waals surface area (Å²) in [6.45, 7) is 6.67. The summed E-state index contributed by atoms with van der Waals surface area (Å²) in [5, 5.41) is 1.13. The Bertz CT molecular complexity index is 480. The van der Waals surface area contributed by atoms with Crippen molar-refractivity contribution in [2.24, 2.45) is 0 Å². The summed E-state index contributed by atoms with van der Waals surface area (Å²) in [7, 11) is 0. The molecule has 0 aliphatic carbocycles. The predicted molar refractivity (Wildman–Crippen MR) is 61.3 cm³/mol. The van der Waals surface area contributed by atoms with E-state index in [1.807, 2.05) is 18.2 Å². The molecule has 0 saturated carbocycles. The van der Waals surface area contributed by atoms with Gasteiger partial charge in [-0.1, -0.05) is 12.1 Å². The Morgan fingerprint density at radius 3 is 3.00 bits per heavy atom. The molecule has 2 aromatic rings. The Balaban J connectivity index is 2.76. The number of fused-ring (bicyclic) bond motifs is 1. The Morgan fingerprint density at radius 2 is 2.29 bits per heavy atom. The van der Waals surface area contributed by atoms with Crippen LogP contribution in [-0.2, 0) is 6.54 Å². The SMILES string of the molecule is C=CCn1c(C)cc2c(N)cccc21. The molecule has 0 radical (unpaired) electrons. The van der Waals surface area contributed by atoms with Crippen LogP contribution in [0.1, 0.15) is 5.69 Å². The molecule has 2 nitrogen and oxygen atoms in total. The van der Waals surface area contributed by atoms with Crippen molar-refractivity contribution in [2.75, 3.05) is 5.73 Å². The second-order valence-electron chi connectivity index (χ2n) is 3.47. The Kier molecular flexibility index (Phi) is 2.04. The van der Waals surface area contributed by atoms with Gasteiger partial charge in [0.15, 0.2) is 0 Å². The molecule has 0 unspecified atom stereocenters. The quantitative estimate of drug-likeness (QED) is 0.567. The van der Waals surface area contributed by atoms with Crippen LogP contribution >= 0.6 is 0 Å². The largest absolute Gasteiger partial charge is 0.398 e. The molecule has 0 spiro atoms. The summed E-state index contributed by atoms with van der Waals surface area (Å²) in [5.41, 5.74) is 9.14. The highest BCUT2D eigenvalue weighted by Crippen LogP contribution is 2.24. The molecular weight excluding hydrogens is 172 g/mol. The first kappa shape index (κ1) is 8.88. The minimum Gasteiger partial charge on any atom is -0.398 e. The van der Waals surface area contributed by atoms with E-state index < -0.39 is 0 Å². The summed E-state index contributed by atoms with van der Waals surface area (Å²) in [6.07, 6.45) is 1.90. The van der Waals surface area contributed by atoms with Gasteiger partial charge in [0.05, 0.1) is 5.52 Å². The third-order valence-corrected chi connectivity index (χ3v) is 2.50. The van der Waals surface area contributed by atoms with Crippen molar-refractivity contribution in [3.05, 3.63) is 42.6 Å². The first-order valence-corrected chi connectivity index (χ1v) is 4.69. The summed E-state index contributed by atoms with van der Waals surface area (Å²) in [6, 6.07) is 8.12. The van der Waals surface area contributed by atoms with Gasteiger partial charge in [-0.2, -0.15) is 0 Å². The Labute approximate surface area is 83.6 Å². The van der Waals surface area contributed by atoms with Crippen LogP contribution in [0.15, 0.2) is 36.9 Å². The van der Waals surface area contributed by atoms with E-state index in [1.165, 1.54) is 11.2 Å². The third kappa shape index (κ3) is 1.20. The lowest BCUT2D eigenvalue weighted by molar-refractivity contribution is 0.829. The number of rotatable bonds is 2. The van der Waals surface area contributed by atoms with Gasteiger partial charge in [-0.05, 0) is 25.1 Å². The van der Waals surface area contributed by atoms with Gasteiger partial charge in [0.1, 0.15) is 0 Å². The fourth-order valence-electron chi connectivity index (χ4n) is 1.81. The maximum Gasteiger partial charge on any atom is 0.0506 e. The standard InChI is InChI=1S/C12H14N2/c1-3-7-14-9(2)8-10-11(13)5-4-6-12(10)14/h3-6,8H,1,7,13H2,2H3. The zero-order valence-corrected chi connectivity index (χ0v) is 8.33. The van der Waals surface area contributed by atoms with E-state index >= 15 is 0 Å². The normalized spacial score (nSPS) is 10.6. The average molecular weight is 186 g/mol. The number of allylic oxidation sites excluding steroid dienone is 1. The molecule has 2 rings (SSSR count). The van der Waals surface area contributed by atoms with Crippen LogP contribution in [0.3, 0.4) is 0 Å². The van der Waals surface area contributed by atoms with Crippen molar-refractivity contribution in [2.45, 2.75) is 13.5 Å². The van der Waals surface area contributed by atoms with Gasteiger partial charge < -0.3 is 10.3 Å². The van der Waals surface area contributed by atoms with Gasteiger partial charge in [-0.3, -0.25) is 0 Å². The van der Waals surface area contributed by atoms with Gasteiger partial charge in [-0.25, -0.2) is 0 Å². The van der Waals surface area contributed by atoms with Crippen LogP contribution in [0.4, 0.5) is 5.69 Å². The summed E-state index contributed by atoms with van der Waals surface area (Å²) >= 11 is 0. The van der Waals surface area contributed by atoms with Crippen LogP contribution < -0.4 is 5.73 Å². The van der Waals surface area contributed by atoms with Crippen molar-refractivity contribution in [1.29, 1.82) is 0 Å². The fraction of sp³-hybridized carbons (Fsp3) is 0.167. The Morgan fingerprint density at radius 1 is 1.50 bits per heavy atom. The molecule has 0 atom stereocenters. The molecule has 1 aromatic heterocycles. The lowest BCUT2D eigenvalue weighted by atomic mass is 10.2. The van der Waals surface area contributed by atoms with Crippen molar-refractivity contribution in [3.63, 3.8) is 0 Å². The lowest BCUT2D eigenvalue weighted by Gasteiger charge is -2.04. The number of nitrogens with zero attached hydrogens (tertiary/aromatic N) is 1. The predicted octanol–water partition coefficient (Wildman–Crippen LogP) is 2.72. The second-order valence-corrected chi connectivity index (χ2v) is 3.47. The number of aryl methyl sites for hydroxylation is 1. The third-order valence-electron chi connectivity index (χ3n) is 2.50. The summed E-state index contributed by atoms with van der Waals surface area (Å²) in [5.74, 6) is 0. The smallest absolute Gasteiger partial charge is 0.0506 e. The number of nitrogen functional groups attached to an aromatic ring is 1. The van der Waals surface area contributed by atoms with Crippen molar-refractivity contribution in [1.82, 2.24) is 4.57 Å². The van der Waals surface area contributed by atoms with E-state index in [0.717, 1.165) is 17.6 Å². The van der Waals surface area contributed by atoms with E-state index in [9.17, 15) is 0 Å². The number of benzene rings is 1. The molecule has 0 aliphatic rings. The van der Waals surface area contributed by atoms with E-state index in [1.54, 1.807) is 0 Å². The van der Waals surface area contributed by atoms with Crippen molar-refractivity contribution in [3.8, 4) is 0 Å². The highest BCUT2D eigenvalue weighted by atomic mass is 15.0. The molecule has 1 aromatic carbocycles. The molecule has 0 saturated heterocycles. The molecule has 2 heteroatoms. The number of anilines is 1. The van der Waals surface area contributed by atoms with Gasteiger partial charge in [0, 0.05) is 23.3 Å². The first-order valence-electron chi connectivity index (χ1n) is 4.69. The van der Waals surface area contributed by atoms with E-state index in [4.69, 9.17) is 5.73 Å². The van der Waals surface area contributed by atoms with Crippen LogP contribution in [-0.4, -0.2) is 4.57 Å². The molecule has 0 bridgehead atoms. The Hall–Kier alpha value is -1.70. The van der Waals surface area contributed by atoms with Crippen molar-refractivity contribution >= 4 is 16.6 Å². The molecule has 0 aliphatic heterocycles. The molecule has 2 N–H and O–H groups in total. The van der Waals surface area contributed by atoms with Crippen LogP contribution in [0.2, 0.25) is 0 Å². The van der Waals surface area contributed by atoms with Gasteiger partial charge in [-0.15, -0.1) is 6.58 Å². The minimum absolute atomic E-state index is 0.832. The summed E-state index contributed by atoms with van der Waals surface area (Å²) in [4.78, 5) is 0. The van der Waals surface area contributed by atoms with E-state index in [0.29, 0.717) is 0 Å².